The van der Waals surface area contributed by atoms with E-state index in [0.717, 1.165) is 5.56 Å². The molecule has 0 saturated carbocycles. The third kappa shape index (κ3) is 4.64. The number of hydrogen-bond donors (Lipinski definition) is 1. The van der Waals surface area contributed by atoms with E-state index in [1.54, 1.807) is 58.8 Å². The van der Waals surface area contributed by atoms with E-state index in [2.05, 4.69) is 6.58 Å². The number of ether oxygens (including phenoxy) is 1. The molecule has 2 aromatic rings. The number of rotatable bonds is 10. The molecular formula is C31H35ClN2O5S. The van der Waals surface area contributed by atoms with Gasteiger partial charge in [0, 0.05) is 22.0 Å². The van der Waals surface area contributed by atoms with Gasteiger partial charge in [0.25, 0.3) is 5.91 Å². The van der Waals surface area contributed by atoms with Crippen molar-refractivity contribution in [3.8, 4) is 0 Å². The van der Waals surface area contributed by atoms with E-state index in [0.29, 0.717) is 30.0 Å². The summed E-state index contributed by atoms with van der Waals surface area (Å²) in [6.45, 7) is 7.76. The van der Waals surface area contributed by atoms with Gasteiger partial charge in [-0.3, -0.25) is 14.4 Å². The Hall–Kier alpha value is -2.81. The van der Waals surface area contributed by atoms with Crippen LogP contribution >= 0.6 is 23.4 Å². The highest BCUT2D eigenvalue weighted by Gasteiger charge is 2.78. The van der Waals surface area contributed by atoms with Gasteiger partial charge in [-0.25, -0.2) is 0 Å². The molecule has 40 heavy (non-hydrogen) atoms. The molecule has 1 N–H and O–H groups in total. The predicted molar refractivity (Wildman–Crippen MR) is 157 cm³/mol. The molecule has 3 heterocycles. The Kier molecular flexibility index (Phi) is 8.06. The summed E-state index contributed by atoms with van der Waals surface area (Å²) in [4.78, 5) is 45.8. The summed E-state index contributed by atoms with van der Waals surface area (Å²) in [5.74, 6) is -2.30. The fourth-order valence-electron chi connectivity index (χ4n) is 6.98. The highest BCUT2D eigenvalue weighted by Crippen LogP contribution is 2.71. The van der Waals surface area contributed by atoms with Crippen LogP contribution in [-0.2, 0) is 25.5 Å². The highest BCUT2D eigenvalue weighted by atomic mass is 35.5. The number of anilines is 1. The van der Waals surface area contributed by atoms with Gasteiger partial charge < -0.3 is 19.6 Å². The van der Waals surface area contributed by atoms with Gasteiger partial charge in [0.05, 0.1) is 35.8 Å². The summed E-state index contributed by atoms with van der Waals surface area (Å²) >= 11 is 7.72. The first-order chi connectivity index (χ1) is 19.2. The number of halogens is 1. The van der Waals surface area contributed by atoms with Crippen LogP contribution in [0.4, 0.5) is 5.69 Å². The third-order valence-corrected chi connectivity index (χ3v) is 10.9. The predicted octanol–water partition coefficient (Wildman–Crippen LogP) is 4.51. The SMILES string of the molecule is C=CCN(C(=O)C1N([C@@H](CO)Cc2ccccc2)C(=O)[C@@H]2[C@@H](C(=O)OCC)[C@@]3(C)CCC12S3)c1ccc(Cl)cc1. The first-order valence-corrected chi connectivity index (χ1v) is 14.9. The van der Waals surface area contributed by atoms with Crippen molar-refractivity contribution in [2.75, 3.05) is 24.7 Å². The summed E-state index contributed by atoms with van der Waals surface area (Å²) in [5, 5.41) is 11.2. The minimum atomic E-state index is -0.882. The van der Waals surface area contributed by atoms with Crippen LogP contribution in [0.25, 0.3) is 0 Å². The number of thioether (sulfide) groups is 1. The van der Waals surface area contributed by atoms with Crippen molar-refractivity contribution in [1.29, 1.82) is 0 Å². The Morgan fingerprint density at radius 2 is 1.93 bits per heavy atom. The number of likely N-dealkylation sites (tertiary alicyclic amines) is 1. The molecule has 0 radical (unpaired) electrons. The number of aliphatic hydroxyl groups is 1. The first-order valence-electron chi connectivity index (χ1n) is 13.7. The average molecular weight is 583 g/mol. The minimum absolute atomic E-state index is 0.215. The van der Waals surface area contributed by atoms with Crippen molar-refractivity contribution in [2.24, 2.45) is 11.8 Å². The summed E-state index contributed by atoms with van der Waals surface area (Å²) < 4.78 is 4.14. The van der Waals surface area contributed by atoms with Crippen LogP contribution in [0.2, 0.25) is 5.02 Å². The number of esters is 1. The lowest BCUT2D eigenvalue weighted by Crippen LogP contribution is -2.58. The van der Waals surface area contributed by atoms with Crippen LogP contribution in [0.15, 0.2) is 67.3 Å². The number of amides is 2. The second kappa shape index (κ2) is 11.2. The monoisotopic (exact) mass is 582 g/mol. The van der Waals surface area contributed by atoms with E-state index < -0.39 is 39.4 Å². The summed E-state index contributed by atoms with van der Waals surface area (Å²) in [6, 6.07) is 15.1. The number of benzene rings is 2. The van der Waals surface area contributed by atoms with Crippen LogP contribution in [-0.4, -0.2) is 69.1 Å². The van der Waals surface area contributed by atoms with E-state index in [4.69, 9.17) is 16.3 Å². The topological polar surface area (TPSA) is 87.2 Å². The Morgan fingerprint density at radius 1 is 1.23 bits per heavy atom. The maximum Gasteiger partial charge on any atom is 0.311 e. The number of nitrogens with zero attached hydrogens (tertiary/aromatic N) is 2. The van der Waals surface area contributed by atoms with E-state index >= 15 is 0 Å². The fraction of sp³-hybridized carbons (Fsp3) is 0.452. The molecule has 0 aromatic heterocycles. The summed E-state index contributed by atoms with van der Waals surface area (Å²) in [6.07, 6.45) is 3.33. The van der Waals surface area contributed by atoms with Gasteiger partial charge in [-0.15, -0.1) is 18.3 Å². The quantitative estimate of drug-likeness (QED) is 0.328. The molecule has 3 aliphatic heterocycles. The maximum absolute atomic E-state index is 14.7. The summed E-state index contributed by atoms with van der Waals surface area (Å²) in [7, 11) is 0. The van der Waals surface area contributed by atoms with Crippen LogP contribution < -0.4 is 4.90 Å². The lowest BCUT2D eigenvalue weighted by atomic mass is 9.66. The number of carbonyl (C=O) groups is 3. The second-order valence-corrected chi connectivity index (χ2v) is 13.3. The van der Waals surface area contributed by atoms with Gasteiger partial charge in [-0.1, -0.05) is 48.0 Å². The van der Waals surface area contributed by atoms with Gasteiger partial charge in [0.2, 0.25) is 5.91 Å². The van der Waals surface area contributed by atoms with Crippen LogP contribution in [0, 0.1) is 11.8 Å². The zero-order valence-electron chi connectivity index (χ0n) is 22.8. The molecule has 3 saturated heterocycles. The largest absolute Gasteiger partial charge is 0.466 e. The van der Waals surface area contributed by atoms with E-state index in [1.165, 1.54) is 0 Å². The number of fused-ring (bicyclic) bond motifs is 1. The van der Waals surface area contributed by atoms with Crippen molar-refractivity contribution in [1.82, 2.24) is 4.90 Å². The molecular weight excluding hydrogens is 548 g/mol. The maximum atomic E-state index is 14.7. The Bertz CT molecular complexity index is 1290. The lowest BCUT2D eigenvalue weighted by Gasteiger charge is -2.39. The van der Waals surface area contributed by atoms with Crippen molar-refractivity contribution >= 4 is 46.8 Å². The number of carbonyl (C=O) groups excluding carboxylic acids is 3. The van der Waals surface area contributed by atoms with Gasteiger partial charge in [-0.05, 0) is 62.9 Å². The smallest absolute Gasteiger partial charge is 0.311 e. The molecule has 7 nitrogen and oxygen atoms in total. The van der Waals surface area contributed by atoms with Gasteiger partial charge in [0.1, 0.15) is 6.04 Å². The average Bonchev–Trinajstić information content (AvgIpc) is 3.52. The van der Waals surface area contributed by atoms with Crippen molar-refractivity contribution < 1.29 is 24.2 Å². The van der Waals surface area contributed by atoms with Crippen LogP contribution in [0.1, 0.15) is 32.3 Å². The molecule has 3 aliphatic rings. The molecule has 2 amide bonds. The molecule has 5 rings (SSSR count). The van der Waals surface area contributed by atoms with Gasteiger partial charge in [-0.2, -0.15) is 0 Å². The third-order valence-electron chi connectivity index (χ3n) is 8.62. The van der Waals surface area contributed by atoms with E-state index in [1.807, 2.05) is 37.3 Å². The van der Waals surface area contributed by atoms with Gasteiger partial charge in [0.15, 0.2) is 0 Å². The standard InChI is InChI=1S/C31H35ClN2O5S/c1-4-17-33(22-13-11-21(32)12-14-22)28(37)26-31-16-15-30(3,40-31)25(29(38)39-5-2)24(31)27(36)34(26)23(19-35)18-20-9-7-6-8-10-20/h4,6-14,23-26,35H,1,5,15-19H2,2-3H3/t23-,24+,25+,26?,30-,31?/m1/s1. The molecule has 6 atom stereocenters. The van der Waals surface area contributed by atoms with Gasteiger partial charge >= 0.3 is 5.97 Å². The Morgan fingerprint density at radius 3 is 2.55 bits per heavy atom. The minimum Gasteiger partial charge on any atom is -0.466 e. The van der Waals surface area contributed by atoms with Crippen LogP contribution in [0.5, 0.6) is 0 Å². The number of hydrogen-bond acceptors (Lipinski definition) is 6. The Balaban J connectivity index is 1.63. The second-order valence-electron chi connectivity index (χ2n) is 11.0. The normalized spacial score (nSPS) is 29.2. The van der Waals surface area contributed by atoms with E-state index in [9.17, 15) is 19.5 Å². The summed E-state index contributed by atoms with van der Waals surface area (Å²) in [5.41, 5.74) is 1.58. The first kappa shape index (κ1) is 28.7. The molecule has 9 heteroatoms. The van der Waals surface area contributed by atoms with Crippen molar-refractivity contribution in [3.63, 3.8) is 0 Å². The highest BCUT2D eigenvalue weighted by molar-refractivity contribution is 8.02. The van der Waals surface area contributed by atoms with Crippen molar-refractivity contribution in [2.45, 2.75) is 54.7 Å². The Labute approximate surface area is 244 Å². The molecule has 0 aliphatic carbocycles. The molecule has 1 spiro atoms. The zero-order valence-corrected chi connectivity index (χ0v) is 24.4. The molecule has 2 unspecified atom stereocenters. The molecule has 2 bridgehead atoms. The van der Waals surface area contributed by atoms with Crippen LogP contribution in [0.3, 0.4) is 0 Å². The molecule has 3 fully saturated rings. The number of aliphatic hydroxyl groups excluding tert-OH is 1. The molecule has 2 aromatic carbocycles. The van der Waals surface area contributed by atoms with Crippen molar-refractivity contribution in [3.05, 3.63) is 77.8 Å². The van der Waals surface area contributed by atoms with E-state index in [-0.39, 0.29) is 31.6 Å². The fourth-order valence-corrected chi connectivity index (χ4v) is 9.43. The molecule has 212 valence electrons. The lowest BCUT2D eigenvalue weighted by molar-refractivity contribution is -0.155. The zero-order chi connectivity index (χ0) is 28.7.